The molecule has 0 atom stereocenters. The summed E-state index contributed by atoms with van der Waals surface area (Å²) in [5.74, 6) is 0. The van der Waals surface area contributed by atoms with Gasteiger partial charge in [0, 0.05) is 12.4 Å². The number of fused-ring (bicyclic) bond motifs is 1. The number of rotatable bonds is 0. The molecule has 0 radical (unpaired) electrons. The van der Waals surface area contributed by atoms with Crippen molar-refractivity contribution in [2.75, 3.05) is 0 Å². The second kappa shape index (κ2) is 7.99. The summed E-state index contributed by atoms with van der Waals surface area (Å²) < 4.78 is 0. The van der Waals surface area contributed by atoms with Gasteiger partial charge in [-0.1, -0.05) is 38.1 Å². The van der Waals surface area contributed by atoms with E-state index in [1.165, 1.54) is 10.8 Å². The molecule has 2 rings (SSSR count). The predicted molar refractivity (Wildman–Crippen MR) is 64.3 cm³/mol. The minimum atomic E-state index is 1.20. The van der Waals surface area contributed by atoms with Crippen LogP contribution in [0.4, 0.5) is 0 Å². The van der Waals surface area contributed by atoms with Crippen molar-refractivity contribution in [3.05, 3.63) is 55.9 Å². The molecule has 0 aliphatic heterocycles. The maximum absolute atomic E-state index is 4.01. The monoisotopic (exact) mass is 187 g/mol. The number of aromatic nitrogens is 1. The average Bonchev–Trinajstić information content (AvgIpc) is 2.34. The Hall–Kier alpha value is -1.63. The number of hydrogen-bond donors (Lipinski definition) is 0. The SMILES string of the molecule is C=C.CC.c1ccc2cnccc2c1. The summed E-state index contributed by atoms with van der Waals surface area (Å²) in [5.41, 5.74) is 0. The minimum absolute atomic E-state index is 1.20. The van der Waals surface area contributed by atoms with Gasteiger partial charge in [-0.3, -0.25) is 4.98 Å². The first-order valence-corrected chi connectivity index (χ1v) is 4.75. The lowest BCUT2D eigenvalue weighted by molar-refractivity contribution is 1.36. The van der Waals surface area contributed by atoms with Crippen molar-refractivity contribution in [1.29, 1.82) is 0 Å². The Labute approximate surface area is 86.1 Å². The van der Waals surface area contributed by atoms with Crippen molar-refractivity contribution < 1.29 is 0 Å². The second-order valence-corrected chi connectivity index (χ2v) is 2.22. The summed E-state index contributed by atoms with van der Waals surface area (Å²) in [6.45, 7) is 10.0. The van der Waals surface area contributed by atoms with Gasteiger partial charge >= 0.3 is 0 Å². The van der Waals surface area contributed by atoms with Gasteiger partial charge in [-0.15, -0.1) is 13.2 Å². The van der Waals surface area contributed by atoms with Crippen LogP contribution in [0.15, 0.2) is 55.9 Å². The third-order valence-electron chi connectivity index (χ3n) is 1.55. The molecule has 1 aromatic carbocycles. The van der Waals surface area contributed by atoms with E-state index in [1.54, 1.807) is 0 Å². The van der Waals surface area contributed by atoms with Gasteiger partial charge in [-0.25, -0.2) is 0 Å². The summed E-state index contributed by atoms with van der Waals surface area (Å²) in [6.07, 6.45) is 3.68. The van der Waals surface area contributed by atoms with Gasteiger partial charge in [0.25, 0.3) is 0 Å². The van der Waals surface area contributed by atoms with E-state index in [2.05, 4.69) is 30.3 Å². The first-order valence-electron chi connectivity index (χ1n) is 4.75. The lowest BCUT2D eigenvalue weighted by Crippen LogP contribution is -1.71. The molecule has 1 nitrogen and oxygen atoms in total. The van der Waals surface area contributed by atoms with Crippen LogP contribution in [0.25, 0.3) is 10.8 Å². The smallest absolute Gasteiger partial charge is 0.0346 e. The molecule has 0 bridgehead atoms. The standard InChI is InChI=1S/C9H7N.C2H6.C2H4/c1-2-4-9-7-10-6-5-8(9)3-1;2*1-2/h1-7H;1-2H3;1-2H2. The number of pyridine rings is 1. The molecular weight excluding hydrogens is 170 g/mol. The molecule has 14 heavy (non-hydrogen) atoms. The molecule has 0 aliphatic carbocycles. The molecule has 0 aliphatic rings. The fraction of sp³-hybridized carbons (Fsp3) is 0.154. The first-order chi connectivity index (χ1) is 6.97. The molecule has 2 aromatic rings. The Morgan fingerprint density at radius 3 is 2.07 bits per heavy atom. The predicted octanol–water partition coefficient (Wildman–Crippen LogP) is 4.06. The highest BCUT2D eigenvalue weighted by atomic mass is 14.6. The molecule has 0 N–H and O–H groups in total. The highest BCUT2D eigenvalue weighted by Gasteiger charge is 1.86. The highest BCUT2D eigenvalue weighted by Crippen LogP contribution is 2.09. The van der Waals surface area contributed by atoms with E-state index < -0.39 is 0 Å². The summed E-state index contributed by atoms with van der Waals surface area (Å²) >= 11 is 0. The van der Waals surface area contributed by atoms with Crippen molar-refractivity contribution in [1.82, 2.24) is 4.98 Å². The number of nitrogens with zero attached hydrogens (tertiary/aromatic N) is 1. The van der Waals surface area contributed by atoms with Crippen LogP contribution in [0.5, 0.6) is 0 Å². The average molecular weight is 187 g/mol. The third kappa shape index (κ3) is 3.40. The minimum Gasteiger partial charge on any atom is -0.264 e. The topological polar surface area (TPSA) is 12.9 Å². The molecular formula is C13H17N. The molecule has 0 amide bonds. The summed E-state index contributed by atoms with van der Waals surface area (Å²) in [4.78, 5) is 4.01. The lowest BCUT2D eigenvalue weighted by atomic mass is 10.2. The van der Waals surface area contributed by atoms with E-state index in [0.717, 1.165) is 0 Å². The van der Waals surface area contributed by atoms with Crippen LogP contribution in [0.3, 0.4) is 0 Å². The van der Waals surface area contributed by atoms with E-state index in [1.807, 2.05) is 44.4 Å². The normalized spacial score (nSPS) is 7.86. The van der Waals surface area contributed by atoms with Crippen LogP contribution in [0, 0.1) is 0 Å². The van der Waals surface area contributed by atoms with E-state index in [4.69, 9.17) is 0 Å². The lowest BCUT2D eigenvalue weighted by Gasteiger charge is -1.91. The van der Waals surface area contributed by atoms with Gasteiger partial charge in [0.05, 0.1) is 0 Å². The Balaban J connectivity index is 0.000000379. The second-order valence-electron chi connectivity index (χ2n) is 2.22. The zero-order valence-electron chi connectivity index (χ0n) is 8.90. The Kier molecular flexibility index (Phi) is 7.06. The fourth-order valence-corrected chi connectivity index (χ4v) is 1.03. The summed E-state index contributed by atoms with van der Waals surface area (Å²) in [5, 5.41) is 2.45. The zero-order chi connectivity index (χ0) is 10.8. The number of benzene rings is 1. The van der Waals surface area contributed by atoms with Crippen LogP contribution >= 0.6 is 0 Å². The summed E-state index contributed by atoms with van der Waals surface area (Å²) in [6, 6.07) is 10.2. The van der Waals surface area contributed by atoms with Crippen LogP contribution in [0.2, 0.25) is 0 Å². The van der Waals surface area contributed by atoms with Crippen LogP contribution in [-0.4, -0.2) is 4.98 Å². The van der Waals surface area contributed by atoms with E-state index >= 15 is 0 Å². The summed E-state index contributed by atoms with van der Waals surface area (Å²) in [7, 11) is 0. The van der Waals surface area contributed by atoms with Crippen LogP contribution in [-0.2, 0) is 0 Å². The first kappa shape index (κ1) is 12.4. The Bertz CT molecular complexity index is 289. The quantitative estimate of drug-likeness (QED) is 0.567. The molecule has 0 fully saturated rings. The number of hydrogen-bond acceptors (Lipinski definition) is 1. The Morgan fingerprint density at radius 2 is 1.50 bits per heavy atom. The molecule has 74 valence electrons. The largest absolute Gasteiger partial charge is 0.264 e. The van der Waals surface area contributed by atoms with Crippen molar-refractivity contribution in [3.63, 3.8) is 0 Å². The van der Waals surface area contributed by atoms with Crippen molar-refractivity contribution in [3.8, 4) is 0 Å². The fourth-order valence-electron chi connectivity index (χ4n) is 1.03. The van der Waals surface area contributed by atoms with Gasteiger partial charge in [-0.05, 0) is 16.8 Å². The molecule has 0 saturated heterocycles. The van der Waals surface area contributed by atoms with Crippen LogP contribution in [0.1, 0.15) is 13.8 Å². The molecule has 0 unspecified atom stereocenters. The van der Waals surface area contributed by atoms with Crippen molar-refractivity contribution in [2.24, 2.45) is 0 Å². The van der Waals surface area contributed by atoms with Crippen LogP contribution < -0.4 is 0 Å². The van der Waals surface area contributed by atoms with Gasteiger partial charge < -0.3 is 0 Å². The van der Waals surface area contributed by atoms with Gasteiger partial charge in [0.1, 0.15) is 0 Å². The maximum atomic E-state index is 4.01. The highest BCUT2D eigenvalue weighted by molar-refractivity contribution is 5.80. The van der Waals surface area contributed by atoms with E-state index in [9.17, 15) is 0 Å². The molecule has 1 aromatic heterocycles. The maximum Gasteiger partial charge on any atom is 0.0346 e. The van der Waals surface area contributed by atoms with E-state index in [0.29, 0.717) is 0 Å². The zero-order valence-corrected chi connectivity index (χ0v) is 8.90. The Morgan fingerprint density at radius 1 is 0.929 bits per heavy atom. The van der Waals surface area contributed by atoms with Gasteiger partial charge in [-0.2, -0.15) is 0 Å². The van der Waals surface area contributed by atoms with Gasteiger partial charge in [0.2, 0.25) is 0 Å². The van der Waals surface area contributed by atoms with Gasteiger partial charge in [0.15, 0.2) is 0 Å². The van der Waals surface area contributed by atoms with Crippen molar-refractivity contribution in [2.45, 2.75) is 13.8 Å². The molecule has 0 spiro atoms. The van der Waals surface area contributed by atoms with E-state index in [-0.39, 0.29) is 0 Å². The van der Waals surface area contributed by atoms with Crippen molar-refractivity contribution >= 4 is 10.8 Å². The molecule has 1 heteroatoms. The molecule has 0 saturated carbocycles. The molecule has 1 heterocycles. The third-order valence-corrected chi connectivity index (χ3v) is 1.55.